The Morgan fingerprint density at radius 3 is 2.89 bits per heavy atom. The first-order valence-electron chi connectivity index (χ1n) is 12.0. The second-order valence-corrected chi connectivity index (χ2v) is 9.31. The quantitative estimate of drug-likeness (QED) is 0.412. The molecule has 35 heavy (non-hydrogen) atoms. The minimum Gasteiger partial charge on any atom is -0.493 e. The zero-order valence-corrected chi connectivity index (χ0v) is 20.7. The third kappa shape index (κ3) is 4.92. The molecule has 1 amide bonds. The number of rotatable bonds is 8. The Kier molecular flexibility index (Phi) is 6.79. The van der Waals surface area contributed by atoms with Crippen molar-refractivity contribution < 1.29 is 13.9 Å². The molecule has 7 nitrogen and oxygen atoms in total. The van der Waals surface area contributed by atoms with Gasteiger partial charge in [-0.1, -0.05) is 49.2 Å². The summed E-state index contributed by atoms with van der Waals surface area (Å²) in [6.07, 6.45) is 6.46. The van der Waals surface area contributed by atoms with Crippen molar-refractivity contribution in [1.82, 2.24) is 20.3 Å². The van der Waals surface area contributed by atoms with E-state index in [1.807, 2.05) is 60.6 Å². The largest absolute Gasteiger partial charge is 0.493 e. The molecular formula is C27H29ClN4O3. The number of unbranched alkanes of at least 4 members (excludes halogenated alkanes) is 1. The van der Waals surface area contributed by atoms with Crippen molar-refractivity contribution >= 4 is 17.5 Å². The molecule has 182 valence electrons. The number of para-hydroxylation sites is 1. The van der Waals surface area contributed by atoms with E-state index in [0.29, 0.717) is 36.2 Å². The van der Waals surface area contributed by atoms with Gasteiger partial charge in [0.1, 0.15) is 23.2 Å². The number of halogens is 1. The van der Waals surface area contributed by atoms with Gasteiger partial charge in [-0.05, 0) is 44.0 Å². The fourth-order valence-corrected chi connectivity index (χ4v) is 4.67. The Morgan fingerprint density at radius 2 is 2.06 bits per heavy atom. The Hall–Kier alpha value is -3.29. The maximum Gasteiger partial charge on any atom is 0.251 e. The number of nitrogens with zero attached hydrogens (tertiary/aromatic N) is 3. The summed E-state index contributed by atoms with van der Waals surface area (Å²) in [7, 11) is 0. The van der Waals surface area contributed by atoms with E-state index in [1.54, 1.807) is 11.1 Å². The molecule has 0 radical (unpaired) electrons. The fourth-order valence-electron chi connectivity index (χ4n) is 4.48. The van der Waals surface area contributed by atoms with Crippen LogP contribution in [0.1, 0.15) is 49.2 Å². The summed E-state index contributed by atoms with van der Waals surface area (Å²) in [5.74, 6) is 2.08. The lowest BCUT2D eigenvalue weighted by Crippen LogP contribution is -2.47. The SMILES string of the molecule is CCCCOc1ccccc1C1CC2C(=O)N(Cc3nc(-c4cccc(Cl)c4)oc3C)C=CN2N1. The van der Waals surface area contributed by atoms with Gasteiger partial charge in [0, 0.05) is 28.5 Å². The molecular weight excluding hydrogens is 464 g/mol. The molecule has 3 heterocycles. The van der Waals surface area contributed by atoms with Gasteiger partial charge < -0.3 is 19.1 Å². The number of carbonyl (C=O) groups excluding carboxylic acids is 1. The Balaban J connectivity index is 1.29. The highest BCUT2D eigenvalue weighted by molar-refractivity contribution is 6.30. The molecule has 8 heteroatoms. The number of ether oxygens (including phenoxy) is 1. The van der Waals surface area contributed by atoms with Gasteiger partial charge in [0.05, 0.1) is 19.2 Å². The molecule has 1 N–H and O–H groups in total. The van der Waals surface area contributed by atoms with E-state index in [9.17, 15) is 4.79 Å². The lowest BCUT2D eigenvalue weighted by Gasteiger charge is -2.31. The number of nitrogens with one attached hydrogen (secondary N) is 1. The van der Waals surface area contributed by atoms with Crippen molar-refractivity contribution in [2.24, 2.45) is 0 Å². The molecule has 2 atom stereocenters. The number of amides is 1. The summed E-state index contributed by atoms with van der Waals surface area (Å²) in [6.45, 7) is 5.04. The zero-order valence-electron chi connectivity index (χ0n) is 19.9. The van der Waals surface area contributed by atoms with Crippen LogP contribution in [0.5, 0.6) is 5.75 Å². The first kappa shape index (κ1) is 23.5. The van der Waals surface area contributed by atoms with Gasteiger partial charge in [0.15, 0.2) is 0 Å². The molecule has 0 bridgehead atoms. The summed E-state index contributed by atoms with van der Waals surface area (Å²) in [6, 6.07) is 15.1. The van der Waals surface area contributed by atoms with E-state index < -0.39 is 0 Å². The molecule has 1 aromatic heterocycles. The van der Waals surface area contributed by atoms with E-state index in [2.05, 4.69) is 23.4 Å². The number of aryl methyl sites for hydroxylation is 1. The number of carbonyl (C=O) groups is 1. The number of fused-ring (bicyclic) bond motifs is 1. The number of hydrogen-bond donors (Lipinski definition) is 1. The Morgan fingerprint density at radius 1 is 1.20 bits per heavy atom. The molecule has 0 aliphatic carbocycles. The maximum atomic E-state index is 13.4. The Bertz CT molecular complexity index is 1240. The second kappa shape index (κ2) is 10.1. The van der Waals surface area contributed by atoms with Gasteiger partial charge in [-0.15, -0.1) is 0 Å². The highest BCUT2D eigenvalue weighted by Crippen LogP contribution is 2.36. The average molecular weight is 493 g/mol. The van der Waals surface area contributed by atoms with Crippen LogP contribution in [0.3, 0.4) is 0 Å². The highest BCUT2D eigenvalue weighted by atomic mass is 35.5. The van der Waals surface area contributed by atoms with E-state index in [0.717, 1.165) is 35.4 Å². The summed E-state index contributed by atoms with van der Waals surface area (Å²) in [4.78, 5) is 19.8. The number of aromatic nitrogens is 1. The summed E-state index contributed by atoms with van der Waals surface area (Å²) in [5, 5.41) is 2.52. The number of hydrazine groups is 1. The molecule has 1 fully saturated rings. The van der Waals surface area contributed by atoms with E-state index in [-0.39, 0.29) is 18.0 Å². The molecule has 2 aliphatic rings. The smallest absolute Gasteiger partial charge is 0.251 e. The summed E-state index contributed by atoms with van der Waals surface area (Å²) in [5.41, 5.74) is 6.08. The van der Waals surface area contributed by atoms with Gasteiger partial charge in [0.25, 0.3) is 5.91 Å². The number of oxazole rings is 1. The second-order valence-electron chi connectivity index (χ2n) is 8.88. The lowest BCUT2D eigenvalue weighted by atomic mass is 10.00. The summed E-state index contributed by atoms with van der Waals surface area (Å²) < 4.78 is 11.9. The predicted molar refractivity (Wildman–Crippen MR) is 134 cm³/mol. The van der Waals surface area contributed by atoms with Crippen LogP contribution in [0.4, 0.5) is 0 Å². The molecule has 3 aromatic rings. The first-order valence-corrected chi connectivity index (χ1v) is 12.4. The van der Waals surface area contributed by atoms with Crippen molar-refractivity contribution in [1.29, 1.82) is 0 Å². The van der Waals surface area contributed by atoms with Crippen molar-refractivity contribution in [2.75, 3.05) is 6.61 Å². The number of benzene rings is 2. The fraction of sp³-hybridized carbons (Fsp3) is 0.333. The molecule has 2 aliphatic heterocycles. The minimum atomic E-state index is -0.298. The zero-order chi connectivity index (χ0) is 24.4. The van der Waals surface area contributed by atoms with Crippen molar-refractivity contribution in [2.45, 2.75) is 51.7 Å². The van der Waals surface area contributed by atoms with Crippen molar-refractivity contribution in [3.05, 3.63) is 83.0 Å². The normalized spacial score (nSPS) is 19.3. The van der Waals surface area contributed by atoms with Crippen LogP contribution in [0.15, 0.2) is 65.3 Å². The van der Waals surface area contributed by atoms with Gasteiger partial charge in [-0.3, -0.25) is 4.79 Å². The minimum absolute atomic E-state index is 0.00500. The van der Waals surface area contributed by atoms with Crippen molar-refractivity contribution in [3.63, 3.8) is 0 Å². The first-order chi connectivity index (χ1) is 17.0. The van der Waals surface area contributed by atoms with Crippen LogP contribution in [-0.2, 0) is 11.3 Å². The molecule has 0 spiro atoms. The van der Waals surface area contributed by atoms with E-state index >= 15 is 0 Å². The van der Waals surface area contributed by atoms with E-state index in [4.69, 9.17) is 20.8 Å². The van der Waals surface area contributed by atoms with E-state index in [1.165, 1.54) is 0 Å². The molecule has 2 unspecified atom stereocenters. The third-order valence-corrected chi connectivity index (χ3v) is 6.64. The van der Waals surface area contributed by atoms with Gasteiger partial charge in [0.2, 0.25) is 5.89 Å². The third-order valence-electron chi connectivity index (χ3n) is 6.41. The van der Waals surface area contributed by atoms with Crippen LogP contribution >= 0.6 is 11.6 Å². The molecule has 1 saturated heterocycles. The highest BCUT2D eigenvalue weighted by Gasteiger charge is 2.41. The lowest BCUT2D eigenvalue weighted by molar-refractivity contribution is -0.135. The van der Waals surface area contributed by atoms with Gasteiger partial charge >= 0.3 is 0 Å². The van der Waals surface area contributed by atoms with Crippen LogP contribution < -0.4 is 10.2 Å². The van der Waals surface area contributed by atoms with Crippen LogP contribution in [-0.4, -0.2) is 33.4 Å². The van der Waals surface area contributed by atoms with Gasteiger partial charge in [-0.2, -0.15) is 0 Å². The topological polar surface area (TPSA) is 70.8 Å². The Labute approximate surface area is 210 Å². The van der Waals surface area contributed by atoms with Crippen LogP contribution in [0, 0.1) is 6.92 Å². The van der Waals surface area contributed by atoms with Crippen molar-refractivity contribution in [3.8, 4) is 17.2 Å². The predicted octanol–water partition coefficient (Wildman–Crippen LogP) is 5.62. The van der Waals surface area contributed by atoms with Gasteiger partial charge in [-0.25, -0.2) is 10.4 Å². The maximum absolute atomic E-state index is 13.4. The molecule has 0 saturated carbocycles. The molecule has 5 rings (SSSR count). The number of hydrogen-bond acceptors (Lipinski definition) is 6. The molecule has 2 aromatic carbocycles. The monoisotopic (exact) mass is 492 g/mol. The van der Waals surface area contributed by atoms with Crippen LogP contribution in [0.2, 0.25) is 5.02 Å². The summed E-state index contributed by atoms with van der Waals surface area (Å²) >= 11 is 6.12. The van der Waals surface area contributed by atoms with Crippen LogP contribution in [0.25, 0.3) is 11.5 Å². The standard InChI is InChI=1S/C27H29ClN4O3/c1-3-4-14-34-25-11-6-5-10-21(25)22-16-24-27(33)31(12-13-32(24)30-22)17-23-18(2)35-26(29-23)19-8-7-9-20(28)15-19/h5-13,15,22,24,30H,3-4,14,16-17H2,1-2H3. The average Bonchev–Trinajstić information content (AvgIpc) is 3.46.